The lowest BCUT2D eigenvalue weighted by Gasteiger charge is -2.20. The van der Waals surface area contributed by atoms with Gasteiger partial charge in [0.1, 0.15) is 0 Å². The van der Waals surface area contributed by atoms with Crippen molar-refractivity contribution in [1.29, 1.82) is 0 Å². The van der Waals surface area contributed by atoms with Gasteiger partial charge in [0.2, 0.25) is 0 Å². The molecular weight excluding hydrogens is 278 g/mol. The van der Waals surface area contributed by atoms with Crippen molar-refractivity contribution in [2.45, 2.75) is 39.8 Å². The molecule has 1 atom stereocenters. The first-order valence-corrected chi connectivity index (χ1v) is 7.39. The number of hydrogen-bond donors (Lipinski definition) is 2. The minimum atomic E-state index is -0.806. The van der Waals surface area contributed by atoms with E-state index in [4.69, 9.17) is 0 Å². The number of carboxylic acids is 1. The highest BCUT2D eigenvalue weighted by atomic mass is 16.4. The molecule has 0 saturated heterocycles. The van der Waals surface area contributed by atoms with Crippen LogP contribution in [0.15, 0.2) is 24.3 Å². The Labute approximate surface area is 131 Å². The molecule has 22 heavy (non-hydrogen) atoms. The fraction of sp³-hybridized carbons (Fsp3) is 0.412. The van der Waals surface area contributed by atoms with Crippen LogP contribution in [0.3, 0.4) is 0 Å². The number of rotatable bonds is 6. The summed E-state index contributed by atoms with van der Waals surface area (Å²) in [6.45, 7) is 6.61. The van der Waals surface area contributed by atoms with Crippen molar-refractivity contribution < 1.29 is 9.90 Å². The van der Waals surface area contributed by atoms with Gasteiger partial charge in [-0.15, -0.1) is 0 Å². The average molecular weight is 301 g/mol. The number of carboxylic acid groups (broad SMARTS) is 1. The fourth-order valence-corrected chi connectivity index (χ4v) is 2.68. The lowest BCUT2D eigenvalue weighted by Crippen LogP contribution is -2.25. The maximum Gasteiger partial charge on any atom is 0.305 e. The van der Waals surface area contributed by atoms with E-state index in [2.05, 4.69) is 10.4 Å². The molecule has 1 aromatic heterocycles. The Morgan fingerprint density at radius 2 is 2.09 bits per heavy atom. The Kier molecular flexibility index (Phi) is 4.98. The third kappa shape index (κ3) is 3.74. The van der Waals surface area contributed by atoms with E-state index in [0.29, 0.717) is 6.54 Å². The van der Waals surface area contributed by atoms with Crippen LogP contribution in [-0.2, 0) is 18.4 Å². The van der Waals surface area contributed by atoms with Crippen LogP contribution in [0.2, 0.25) is 0 Å². The van der Waals surface area contributed by atoms with E-state index in [1.165, 1.54) is 5.56 Å². The summed E-state index contributed by atoms with van der Waals surface area (Å²) in [5.74, 6) is -0.806. The van der Waals surface area contributed by atoms with Crippen LogP contribution in [-0.4, -0.2) is 20.9 Å². The van der Waals surface area contributed by atoms with Crippen LogP contribution in [0, 0.1) is 20.8 Å². The normalized spacial score (nSPS) is 12.4. The second-order valence-electron chi connectivity index (χ2n) is 5.72. The maximum absolute atomic E-state index is 11.2. The number of hydrogen-bond acceptors (Lipinski definition) is 3. The van der Waals surface area contributed by atoms with Crippen LogP contribution in [0.25, 0.3) is 0 Å². The maximum atomic E-state index is 11.2. The summed E-state index contributed by atoms with van der Waals surface area (Å²) in [4.78, 5) is 11.2. The molecule has 0 amide bonds. The molecule has 5 heteroatoms. The number of aromatic nitrogens is 2. The van der Waals surface area contributed by atoms with Crippen molar-refractivity contribution in [3.63, 3.8) is 0 Å². The van der Waals surface area contributed by atoms with Crippen LogP contribution >= 0.6 is 0 Å². The van der Waals surface area contributed by atoms with E-state index in [1.54, 1.807) is 0 Å². The topological polar surface area (TPSA) is 67.2 Å². The molecule has 0 aliphatic carbocycles. The standard InChI is InChI=1S/C17H23N3O2/c1-11-6-5-7-15(13(11)3)16(9-17(21)22)18-10-14-8-12(2)19-20(14)4/h5-8,16,18H,9-10H2,1-4H3,(H,21,22)/t16-/m1/s1. The van der Waals surface area contributed by atoms with Gasteiger partial charge in [-0.05, 0) is 43.5 Å². The number of aliphatic carboxylic acids is 1. The van der Waals surface area contributed by atoms with Crippen LogP contribution < -0.4 is 5.32 Å². The zero-order chi connectivity index (χ0) is 16.3. The van der Waals surface area contributed by atoms with E-state index >= 15 is 0 Å². The van der Waals surface area contributed by atoms with Crippen molar-refractivity contribution in [2.24, 2.45) is 7.05 Å². The van der Waals surface area contributed by atoms with Crippen molar-refractivity contribution in [3.8, 4) is 0 Å². The lowest BCUT2D eigenvalue weighted by atomic mass is 9.95. The summed E-state index contributed by atoms with van der Waals surface area (Å²) in [5, 5.41) is 16.9. The molecule has 1 aromatic carbocycles. The van der Waals surface area contributed by atoms with Gasteiger partial charge in [0.05, 0.1) is 17.8 Å². The number of nitrogens with zero attached hydrogens (tertiary/aromatic N) is 2. The van der Waals surface area contributed by atoms with E-state index in [0.717, 1.165) is 22.5 Å². The molecule has 0 aliphatic heterocycles. The largest absolute Gasteiger partial charge is 0.481 e. The van der Waals surface area contributed by atoms with Crippen LogP contribution in [0.5, 0.6) is 0 Å². The molecule has 0 radical (unpaired) electrons. The Hall–Kier alpha value is -2.14. The van der Waals surface area contributed by atoms with Crippen molar-refractivity contribution in [3.05, 3.63) is 52.3 Å². The highest BCUT2D eigenvalue weighted by Gasteiger charge is 2.18. The summed E-state index contributed by atoms with van der Waals surface area (Å²) in [6, 6.07) is 7.81. The summed E-state index contributed by atoms with van der Waals surface area (Å²) >= 11 is 0. The van der Waals surface area contributed by atoms with Crippen LogP contribution in [0.1, 0.15) is 40.5 Å². The Morgan fingerprint density at radius 1 is 1.36 bits per heavy atom. The van der Waals surface area contributed by atoms with E-state index in [-0.39, 0.29) is 12.5 Å². The van der Waals surface area contributed by atoms with Crippen molar-refractivity contribution in [1.82, 2.24) is 15.1 Å². The summed E-state index contributed by atoms with van der Waals surface area (Å²) in [7, 11) is 1.90. The molecule has 0 fully saturated rings. The second-order valence-corrected chi connectivity index (χ2v) is 5.72. The Bertz CT molecular complexity index is 677. The minimum Gasteiger partial charge on any atom is -0.481 e. The molecule has 2 N–H and O–H groups in total. The first-order valence-electron chi connectivity index (χ1n) is 7.39. The van der Waals surface area contributed by atoms with Crippen LogP contribution in [0.4, 0.5) is 0 Å². The number of nitrogens with one attached hydrogen (secondary N) is 1. The highest BCUT2D eigenvalue weighted by Crippen LogP contribution is 2.23. The molecule has 2 aromatic rings. The lowest BCUT2D eigenvalue weighted by molar-refractivity contribution is -0.137. The van der Waals surface area contributed by atoms with Gasteiger partial charge in [-0.2, -0.15) is 5.10 Å². The Morgan fingerprint density at radius 3 is 2.68 bits per heavy atom. The van der Waals surface area contributed by atoms with Gasteiger partial charge in [0.25, 0.3) is 0 Å². The zero-order valence-electron chi connectivity index (χ0n) is 13.6. The molecular formula is C17H23N3O2. The van der Waals surface area contributed by atoms with Gasteiger partial charge in [0.15, 0.2) is 0 Å². The monoisotopic (exact) mass is 301 g/mol. The Balaban J connectivity index is 2.21. The summed E-state index contributed by atoms with van der Waals surface area (Å²) in [6.07, 6.45) is 0.0567. The molecule has 118 valence electrons. The molecule has 0 unspecified atom stereocenters. The van der Waals surface area contributed by atoms with Gasteiger partial charge in [0, 0.05) is 19.6 Å². The number of benzene rings is 1. The third-order valence-electron chi connectivity index (χ3n) is 4.03. The molecule has 1 heterocycles. The SMILES string of the molecule is Cc1cc(CN[C@H](CC(=O)O)c2cccc(C)c2C)n(C)n1. The van der Waals surface area contributed by atoms with Gasteiger partial charge < -0.3 is 10.4 Å². The smallest absolute Gasteiger partial charge is 0.305 e. The highest BCUT2D eigenvalue weighted by molar-refractivity contribution is 5.68. The predicted molar refractivity (Wildman–Crippen MR) is 85.7 cm³/mol. The second kappa shape index (κ2) is 6.75. The molecule has 0 spiro atoms. The number of carbonyl (C=O) groups is 1. The predicted octanol–water partition coefficient (Wildman–Crippen LogP) is 2.65. The number of aryl methyl sites for hydroxylation is 3. The molecule has 5 nitrogen and oxygen atoms in total. The van der Waals surface area contributed by atoms with Gasteiger partial charge in [-0.3, -0.25) is 9.48 Å². The fourth-order valence-electron chi connectivity index (χ4n) is 2.68. The summed E-state index contributed by atoms with van der Waals surface area (Å²) < 4.78 is 1.82. The van der Waals surface area contributed by atoms with Crippen molar-refractivity contribution >= 4 is 5.97 Å². The van der Waals surface area contributed by atoms with E-state index < -0.39 is 5.97 Å². The van der Waals surface area contributed by atoms with Gasteiger partial charge in [-0.25, -0.2) is 0 Å². The molecule has 2 rings (SSSR count). The minimum absolute atomic E-state index is 0.0567. The summed E-state index contributed by atoms with van der Waals surface area (Å²) in [5.41, 5.74) is 5.36. The van der Waals surface area contributed by atoms with E-state index in [9.17, 15) is 9.90 Å². The van der Waals surface area contributed by atoms with E-state index in [1.807, 2.05) is 56.8 Å². The first kappa shape index (κ1) is 16.2. The zero-order valence-corrected chi connectivity index (χ0v) is 13.6. The quantitative estimate of drug-likeness (QED) is 0.861. The first-order chi connectivity index (χ1) is 10.4. The van der Waals surface area contributed by atoms with Gasteiger partial charge in [-0.1, -0.05) is 18.2 Å². The third-order valence-corrected chi connectivity index (χ3v) is 4.03. The molecule has 0 aliphatic rings. The molecule has 0 saturated carbocycles. The van der Waals surface area contributed by atoms with Gasteiger partial charge >= 0.3 is 5.97 Å². The molecule has 0 bridgehead atoms. The average Bonchev–Trinajstić information content (AvgIpc) is 2.76. The van der Waals surface area contributed by atoms with Crippen molar-refractivity contribution in [2.75, 3.05) is 0 Å².